The maximum absolute atomic E-state index is 11.5. The molecule has 6 heteroatoms. The van der Waals surface area contributed by atoms with Gasteiger partial charge in [0, 0.05) is 11.6 Å². The Labute approximate surface area is 110 Å². The molecule has 98 valence electrons. The van der Waals surface area contributed by atoms with Crippen LogP contribution in [0.15, 0.2) is 24.3 Å². The highest BCUT2D eigenvalue weighted by Gasteiger charge is 2.14. The number of nitrogens with two attached hydrogens (primary N) is 2. The van der Waals surface area contributed by atoms with Crippen LogP contribution in [-0.2, 0) is 16.0 Å². The summed E-state index contributed by atoms with van der Waals surface area (Å²) in [5.74, 6) is -0.969. The predicted octanol–water partition coefficient (Wildman–Crippen LogP) is 0.201. The number of hydrogen-bond acceptors (Lipinski definition) is 3. The van der Waals surface area contributed by atoms with Crippen molar-refractivity contribution in [2.45, 2.75) is 18.9 Å². The van der Waals surface area contributed by atoms with Crippen LogP contribution in [0, 0.1) is 0 Å². The first kappa shape index (κ1) is 14.5. The number of hydrogen-bond donors (Lipinski definition) is 3. The van der Waals surface area contributed by atoms with E-state index in [4.69, 9.17) is 23.1 Å². The van der Waals surface area contributed by atoms with E-state index < -0.39 is 11.9 Å². The second kappa shape index (κ2) is 6.98. The summed E-state index contributed by atoms with van der Waals surface area (Å²) in [5, 5.41) is 3.30. The summed E-state index contributed by atoms with van der Waals surface area (Å²) in [6, 6.07) is 6.49. The molecule has 0 heterocycles. The van der Waals surface area contributed by atoms with Gasteiger partial charge in [-0.05, 0) is 24.1 Å². The fourth-order valence-corrected chi connectivity index (χ4v) is 1.68. The molecule has 0 bridgehead atoms. The van der Waals surface area contributed by atoms with Crippen LogP contribution >= 0.6 is 11.6 Å². The van der Waals surface area contributed by atoms with Crippen molar-refractivity contribution in [2.24, 2.45) is 11.5 Å². The number of benzene rings is 1. The number of rotatable bonds is 6. The second-order valence-corrected chi connectivity index (χ2v) is 4.38. The van der Waals surface area contributed by atoms with Crippen LogP contribution in [0.2, 0.25) is 5.02 Å². The van der Waals surface area contributed by atoms with Gasteiger partial charge in [-0.3, -0.25) is 9.59 Å². The van der Waals surface area contributed by atoms with Gasteiger partial charge in [0.15, 0.2) is 0 Å². The zero-order valence-corrected chi connectivity index (χ0v) is 10.6. The SMILES string of the molecule is NC(=O)CC(N)C(=O)NCCc1cccc(Cl)c1. The number of amides is 2. The number of primary amides is 1. The Morgan fingerprint density at radius 1 is 1.39 bits per heavy atom. The standard InChI is InChI=1S/C12H16ClN3O2/c13-9-3-1-2-8(6-9)4-5-16-12(18)10(14)7-11(15)17/h1-3,6,10H,4-5,7,14H2,(H2,15,17)(H,16,18). The van der Waals surface area contributed by atoms with Gasteiger partial charge in [0.25, 0.3) is 0 Å². The molecular weight excluding hydrogens is 254 g/mol. The van der Waals surface area contributed by atoms with Crippen molar-refractivity contribution in [1.29, 1.82) is 0 Å². The molecule has 0 aliphatic carbocycles. The van der Waals surface area contributed by atoms with Crippen LogP contribution in [-0.4, -0.2) is 24.4 Å². The largest absolute Gasteiger partial charge is 0.370 e. The molecule has 5 N–H and O–H groups in total. The van der Waals surface area contributed by atoms with Crippen LogP contribution in [0.25, 0.3) is 0 Å². The highest BCUT2D eigenvalue weighted by Crippen LogP contribution is 2.10. The molecule has 0 saturated carbocycles. The van der Waals surface area contributed by atoms with Crippen LogP contribution in [0.3, 0.4) is 0 Å². The number of halogens is 1. The lowest BCUT2D eigenvalue weighted by atomic mass is 10.1. The quantitative estimate of drug-likeness (QED) is 0.688. The molecular formula is C12H16ClN3O2. The summed E-state index contributed by atoms with van der Waals surface area (Å²) in [6.45, 7) is 0.436. The fraction of sp³-hybridized carbons (Fsp3) is 0.333. The van der Waals surface area contributed by atoms with E-state index in [0.29, 0.717) is 18.0 Å². The van der Waals surface area contributed by atoms with Crippen LogP contribution in [0.4, 0.5) is 0 Å². The van der Waals surface area contributed by atoms with Gasteiger partial charge < -0.3 is 16.8 Å². The van der Waals surface area contributed by atoms with Gasteiger partial charge in [-0.1, -0.05) is 23.7 Å². The number of carbonyl (C=O) groups is 2. The first-order valence-electron chi connectivity index (χ1n) is 5.55. The van der Waals surface area contributed by atoms with Gasteiger partial charge in [-0.2, -0.15) is 0 Å². The maximum Gasteiger partial charge on any atom is 0.237 e. The summed E-state index contributed by atoms with van der Waals surface area (Å²) < 4.78 is 0. The van der Waals surface area contributed by atoms with Crippen molar-refractivity contribution in [2.75, 3.05) is 6.54 Å². The van der Waals surface area contributed by atoms with E-state index in [-0.39, 0.29) is 12.3 Å². The van der Waals surface area contributed by atoms with E-state index in [9.17, 15) is 9.59 Å². The third-order valence-corrected chi connectivity index (χ3v) is 2.59. The zero-order valence-electron chi connectivity index (χ0n) is 9.86. The normalized spacial score (nSPS) is 11.9. The van der Waals surface area contributed by atoms with Gasteiger partial charge in [0.05, 0.1) is 12.5 Å². The van der Waals surface area contributed by atoms with Crippen LogP contribution < -0.4 is 16.8 Å². The lowest BCUT2D eigenvalue weighted by Crippen LogP contribution is -2.43. The number of nitrogens with one attached hydrogen (secondary N) is 1. The van der Waals surface area contributed by atoms with Gasteiger partial charge in [-0.25, -0.2) is 0 Å². The van der Waals surface area contributed by atoms with Gasteiger partial charge in [-0.15, -0.1) is 0 Å². The summed E-state index contributed by atoms with van der Waals surface area (Å²) in [6.07, 6.45) is 0.499. The molecule has 1 rings (SSSR count). The minimum atomic E-state index is -0.887. The first-order chi connectivity index (χ1) is 8.49. The average molecular weight is 270 g/mol. The van der Waals surface area contributed by atoms with Gasteiger partial charge >= 0.3 is 0 Å². The Balaban J connectivity index is 2.33. The molecule has 1 atom stereocenters. The topological polar surface area (TPSA) is 98.2 Å². The molecule has 0 spiro atoms. The van der Waals surface area contributed by atoms with Crippen molar-refractivity contribution in [3.05, 3.63) is 34.9 Å². The highest BCUT2D eigenvalue weighted by atomic mass is 35.5. The lowest BCUT2D eigenvalue weighted by Gasteiger charge is -2.10. The molecule has 0 aromatic heterocycles. The monoisotopic (exact) mass is 269 g/mol. The molecule has 0 fully saturated rings. The Morgan fingerprint density at radius 3 is 2.72 bits per heavy atom. The van der Waals surface area contributed by atoms with E-state index >= 15 is 0 Å². The van der Waals surface area contributed by atoms with Crippen LogP contribution in [0.5, 0.6) is 0 Å². The van der Waals surface area contributed by atoms with Crippen LogP contribution in [0.1, 0.15) is 12.0 Å². The second-order valence-electron chi connectivity index (χ2n) is 3.95. The average Bonchev–Trinajstić information content (AvgIpc) is 2.28. The Kier molecular flexibility index (Phi) is 5.61. The molecule has 5 nitrogen and oxygen atoms in total. The smallest absolute Gasteiger partial charge is 0.237 e. The molecule has 0 radical (unpaired) electrons. The molecule has 0 aliphatic rings. The minimum Gasteiger partial charge on any atom is -0.370 e. The predicted molar refractivity (Wildman–Crippen MR) is 70.0 cm³/mol. The Morgan fingerprint density at radius 2 is 2.11 bits per heavy atom. The molecule has 1 aromatic rings. The van der Waals surface area contributed by atoms with Gasteiger partial charge in [0.2, 0.25) is 11.8 Å². The molecule has 0 saturated heterocycles. The first-order valence-corrected chi connectivity index (χ1v) is 5.93. The minimum absolute atomic E-state index is 0.150. The van der Waals surface area contributed by atoms with E-state index in [1.54, 1.807) is 6.07 Å². The van der Waals surface area contributed by atoms with Crippen molar-refractivity contribution >= 4 is 23.4 Å². The van der Waals surface area contributed by atoms with E-state index in [1.807, 2.05) is 18.2 Å². The van der Waals surface area contributed by atoms with Crippen molar-refractivity contribution < 1.29 is 9.59 Å². The highest BCUT2D eigenvalue weighted by molar-refractivity contribution is 6.30. The number of carbonyl (C=O) groups excluding carboxylic acids is 2. The molecule has 1 aromatic carbocycles. The summed E-state index contributed by atoms with van der Waals surface area (Å²) in [4.78, 5) is 22.1. The fourth-order valence-electron chi connectivity index (χ4n) is 1.46. The lowest BCUT2D eigenvalue weighted by molar-refractivity contribution is -0.126. The molecule has 18 heavy (non-hydrogen) atoms. The van der Waals surface area contributed by atoms with Crippen molar-refractivity contribution in [3.8, 4) is 0 Å². The van der Waals surface area contributed by atoms with Crippen molar-refractivity contribution in [3.63, 3.8) is 0 Å². The zero-order chi connectivity index (χ0) is 13.5. The molecule has 1 unspecified atom stereocenters. The Hall–Kier alpha value is -1.59. The summed E-state index contributed by atoms with van der Waals surface area (Å²) in [7, 11) is 0. The molecule has 2 amide bonds. The third kappa shape index (κ3) is 5.16. The molecule has 0 aliphatic heterocycles. The third-order valence-electron chi connectivity index (χ3n) is 2.36. The summed E-state index contributed by atoms with van der Waals surface area (Å²) >= 11 is 5.84. The maximum atomic E-state index is 11.5. The van der Waals surface area contributed by atoms with E-state index in [1.165, 1.54) is 0 Å². The van der Waals surface area contributed by atoms with E-state index in [0.717, 1.165) is 5.56 Å². The van der Waals surface area contributed by atoms with Gasteiger partial charge in [0.1, 0.15) is 0 Å². The van der Waals surface area contributed by atoms with Crippen molar-refractivity contribution in [1.82, 2.24) is 5.32 Å². The van der Waals surface area contributed by atoms with E-state index in [2.05, 4.69) is 5.32 Å². The Bertz CT molecular complexity index is 437. The summed E-state index contributed by atoms with van der Waals surface area (Å²) in [5.41, 5.74) is 11.5.